The predicted molar refractivity (Wildman–Crippen MR) is 64.0 cm³/mol. The number of halogens is 1. The molecule has 2 rings (SSSR count). The largest absolute Gasteiger partial charge is 1.00 e. The van der Waals surface area contributed by atoms with Crippen LogP contribution in [0.5, 0.6) is 0 Å². The van der Waals surface area contributed by atoms with Crippen molar-refractivity contribution in [1.29, 1.82) is 0 Å². The first-order valence-corrected chi connectivity index (χ1v) is 6.54. The molecule has 0 spiro atoms. The number of nitrogen functional groups attached to an aromatic ring is 1. The molecule has 0 bridgehead atoms. The minimum absolute atomic E-state index is 0. The van der Waals surface area contributed by atoms with Gasteiger partial charge in [-0.05, 0) is 28.1 Å². The monoisotopic (exact) mass is 323 g/mol. The number of nitrogens with two attached hydrogens (primary N) is 1. The minimum atomic E-state index is -4.48. The minimum Gasteiger partial charge on any atom is -0.744 e. The van der Waals surface area contributed by atoms with E-state index in [1.54, 1.807) is 18.2 Å². The Hall–Kier alpha value is -0.110. The summed E-state index contributed by atoms with van der Waals surface area (Å²) in [7, 11) is -4.48. The van der Waals surface area contributed by atoms with Gasteiger partial charge >= 0.3 is 29.6 Å². The number of hydrogen-bond donors (Lipinski definition) is 1. The molecule has 4 nitrogen and oxygen atoms in total. The Morgan fingerprint density at radius 2 is 1.76 bits per heavy atom. The van der Waals surface area contributed by atoms with Crippen molar-refractivity contribution in [3.05, 3.63) is 34.8 Å². The van der Waals surface area contributed by atoms with Crippen LogP contribution >= 0.6 is 15.9 Å². The van der Waals surface area contributed by atoms with E-state index in [1.165, 1.54) is 12.1 Å². The molecule has 17 heavy (non-hydrogen) atoms. The normalized spacial score (nSPS) is 11.2. The zero-order valence-corrected chi connectivity index (χ0v) is 13.4. The van der Waals surface area contributed by atoms with Gasteiger partial charge in [-0.1, -0.05) is 18.2 Å². The smallest absolute Gasteiger partial charge is 0.744 e. The number of hydrogen-bond acceptors (Lipinski definition) is 4. The Bertz CT molecular complexity index is 673. The number of rotatable bonds is 1. The first kappa shape index (κ1) is 14.9. The van der Waals surface area contributed by atoms with Gasteiger partial charge in [0.25, 0.3) is 0 Å². The van der Waals surface area contributed by atoms with Crippen molar-refractivity contribution in [2.24, 2.45) is 0 Å². The first-order valence-electron chi connectivity index (χ1n) is 4.34. The molecule has 0 fully saturated rings. The molecule has 2 aromatic carbocycles. The van der Waals surface area contributed by atoms with Crippen molar-refractivity contribution in [3.63, 3.8) is 0 Å². The summed E-state index contributed by atoms with van der Waals surface area (Å²) in [4.78, 5) is -0.246. The molecule has 2 N–H and O–H groups in total. The SMILES string of the molecule is Nc1c(Br)ccc2c(S(=O)(=O)[O-])cccc12.[Na+]. The van der Waals surface area contributed by atoms with E-state index in [0.717, 1.165) is 0 Å². The summed E-state index contributed by atoms with van der Waals surface area (Å²) in [5.41, 5.74) is 6.21. The van der Waals surface area contributed by atoms with Gasteiger partial charge in [0.1, 0.15) is 10.1 Å². The van der Waals surface area contributed by atoms with E-state index in [-0.39, 0.29) is 34.5 Å². The van der Waals surface area contributed by atoms with Crippen molar-refractivity contribution in [2.75, 3.05) is 5.73 Å². The Labute approximate surface area is 129 Å². The van der Waals surface area contributed by atoms with Gasteiger partial charge in [0.15, 0.2) is 0 Å². The summed E-state index contributed by atoms with van der Waals surface area (Å²) in [5.74, 6) is 0. The Morgan fingerprint density at radius 3 is 2.35 bits per heavy atom. The van der Waals surface area contributed by atoms with E-state index < -0.39 is 10.1 Å². The Balaban J connectivity index is 0.00000144. The third-order valence-electron chi connectivity index (χ3n) is 2.28. The van der Waals surface area contributed by atoms with Gasteiger partial charge in [-0.2, -0.15) is 0 Å². The predicted octanol–water partition coefficient (Wildman–Crippen LogP) is -0.907. The van der Waals surface area contributed by atoms with Gasteiger partial charge in [0.05, 0.1) is 10.6 Å². The molecule has 0 aliphatic heterocycles. The van der Waals surface area contributed by atoms with E-state index in [9.17, 15) is 13.0 Å². The van der Waals surface area contributed by atoms with Crippen LogP contribution in [0, 0.1) is 0 Å². The van der Waals surface area contributed by atoms with E-state index >= 15 is 0 Å². The maximum atomic E-state index is 11.0. The molecule has 0 atom stereocenters. The second-order valence-electron chi connectivity index (χ2n) is 3.27. The number of fused-ring (bicyclic) bond motifs is 1. The van der Waals surface area contributed by atoms with Crippen LogP contribution in [0.25, 0.3) is 10.8 Å². The van der Waals surface area contributed by atoms with Crippen molar-refractivity contribution >= 4 is 42.5 Å². The van der Waals surface area contributed by atoms with Crippen LogP contribution in [0.2, 0.25) is 0 Å². The molecule has 0 amide bonds. The van der Waals surface area contributed by atoms with E-state index in [4.69, 9.17) is 5.73 Å². The zero-order valence-electron chi connectivity index (χ0n) is 8.98. The Kier molecular flexibility index (Phi) is 4.62. The van der Waals surface area contributed by atoms with Crippen molar-refractivity contribution in [1.82, 2.24) is 0 Å². The van der Waals surface area contributed by atoms with Crippen molar-refractivity contribution in [3.8, 4) is 0 Å². The third kappa shape index (κ3) is 2.83. The summed E-state index contributed by atoms with van der Waals surface area (Å²) in [6.45, 7) is 0. The second kappa shape index (κ2) is 5.26. The standard InChI is InChI=1S/C10H8BrNO3S.Na/c11-8-5-4-6-7(10(8)12)2-1-3-9(6)16(13,14)15;/h1-5H,12H2,(H,13,14,15);/q;+1/p-1. The summed E-state index contributed by atoms with van der Waals surface area (Å²) in [5, 5.41) is 0.893. The van der Waals surface area contributed by atoms with Gasteiger partial charge in [0, 0.05) is 15.2 Å². The van der Waals surface area contributed by atoms with E-state index in [1.807, 2.05) is 0 Å². The summed E-state index contributed by atoms with van der Waals surface area (Å²) in [6, 6.07) is 7.62. The number of benzene rings is 2. The van der Waals surface area contributed by atoms with Crippen LogP contribution in [0.4, 0.5) is 5.69 Å². The van der Waals surface area contributed by atoms with Crippen LogP contribution in [-0.2, 0) is 10.1 Å². The van der Waals surface area contributed by atoms with Gasteiger partial charge in [0.2, 0.25) is 0 Å². The van der Waals surface area contributed by atoms with Crippen molar-refractivity contribution < 1.29 is 42.5 Å². The molecule has 2 aromatic rings. The van der Waals surface area contributed by atoms with Crippen LogP contribution in [-0.4, -0.2) is 13.0 Å². The molecule has 0 saturated heterocycles. The van der Waals surface area contributed by atoms with Gasteiger partial charge in [-0.25, -0.2) is 8.42 Å². The zero-order chi connectivity index (χ0) is 11.9. The average molecular weight is 324 g/mol. The summed E-state index contributed by atoms with van der Waals surface area (Å²) >= 11 is 3.24. The average Bonchev–Trinajstić information content (AvgIpc) is 2.21. The van der Waals surface area contributed by atoms with Crippen LogP contribution < -0.4 is 35.3 Å². The number of anilines is 1. The van der Waals surface area contributed by atoms with E-state index in [2.05, 4.69) is 15.9 Å². The fourth-order valence-corrected chi connectivity index (χ4v) is 2.58. The fourth-order valence-electron chi connectivity index (χ4n) is 1.54. The molecule has 0 saturated carbocycles. The molecule has 0 aromatic heterocycles. The van der Waals surface area contributed by atoms with E-state index in [0.29, 0.717) is 20.9 Å². The van der Waals surface area contributed by atoms with Gasteiger partial charge in [-0.15, -0.1) is 0 Å². The quantitative estimate of drug-likeness (QED) is 0.418. The molecule has 0 unspecified atom stereocenters. The van der Waals surface area contributed by atoms with Gasteiger partial charge < -0.3 is 10.3 Å². The molecule has 0 heterocycles. The molecule has 0 radical (unpaired) electrons. The molecule has 0 aliphatic rings. The molecule has 7 heteroatoms. The molecular weight excluding hydrogens is 317 g/mol. The first-order chi connectivity index (χ1) is 7.41. The summed E-state index contributed by atoms with van der Waals surface area (Å²) in [6.07, 6.45) is 0. The Morgan fingerprint density at radius 1 is 1.12 bits per heavy atom. The maximum absolute atomic E-state index is 11.0. The topological polar surface area (TPSA) is 83.2 Å². The van der Waals surface area contributed by atoms with Crippen LogP contribution in [0.1, 0.15) is 0 Å². The molecular formula is C10H7BrNNaO3S. The maximum Gasteiger partial charge on any atom is 1.00 e. The molecule has 84 valence electrons. The summed E-state index contributed by atoms with van der Waals surface area (Å²) < 4.78 is 33.8. The van der Waals surface area contributed by atoms with Gasteiger partial charge in [-0.3, -0.25) is 0 Å². The fraction of sp³-hybridized carbons (Fsp3) is 0. The second-order valence-corrected chi connectivity index (χ2v) is 5.47. The van der Waals surface area contributed by atoms with Crippen molar-refractivity contribution in [2.45, 2.75) is 4.90 Å². The molecule has 0 aliphatic carbocycles. The third-order valence-corrected chi connectivity index (χ3v) is 3.87. The van der Waals surface area contributed by atoms with Crippen LogP contribution in [0.15, 0.2) is 39.7 Å². The van der Waals surface area contributed by atoms with Crippen LogP contribution in [0.3, 0.4) is 0 Å².